The number of amides is 2. The molecule has 0 spiro atoms. The van der Waals surface area contributed by atoms with Crippen molar-refractivity contribution in [1.29, 1.82) is 0 Å². The lowest BCUT2D eigenvalue weighted by molar-refractivity contribution is -0.129. The van der Waals surface area contributed by atoms with E-state index in [1.807, 2.05) is 23.1 Å². The van der Waals surface area contributed by atoms with Crippen LogP contribution in [0.4, 0.5) is 0 Å². The summed E-state index contributed by atoms with van der Waals surface area (Å²) < 4.78 is 0. The zero-order valence-electron chi connectivity index (χ0n) is 11.6. The number of carbonyl (C=O) groups is 2. The van der Waals surface area contributed by atoms with Crippen LogP contribution in [0.5, 0.6) is 0 Å². The molecule has 1 aliphatic heterocycles. The van der Waals surface area contributed by atoms with Gasteiger partial charge in [-0.25, -0.2) is 0 Å². The molecule has 0 atom stereocenters. The van der Waals surface area contributed by atoms with Crippen molar-refractivity contribution in [2.45, 2.75) is 31.7 Å². The summed E-state index contributed by atoms with van der Waals surface area (Å²) in [6, 6.07) is 7.47. The monoisotopic (exact) mass is 294 g/mol. The number of benzene rings is 1. The first-order valence-electron chi connectivity index (χ1n) is 6.81. The van der Waals surface area contributed by atoms with Crippen LogP contribution in [0.2, 0.25) is 0 Å². The summed E-state index contributed by atoms with van der Waals surface area (Å²) in [5.41, 5.74) is 1.57. The summed E-state index contributed by atoms with van der Waals surface area (Å²) in [5.74, 6) is 0.431. The van der Waals surface area contributed by atoms with Gasteiger partial charge in [0.05, 0.1) is 0 Å². The van der Waals surface area contributed by atoms with Gasteiger partial charge in [-0.2, -0.15) is 0 Å². The normalized spacial score (nSPS) is 16.0. The minimum Gasteiger partial charge on any atom is -0.349 e. The summed E-state index contributed by atoms with van der Waals surface area (Å²) >= 11 is 5.77. The smallest absolute Gasteiger partial charge is 0.251 e. The van der Waals surface area contributed by atoms with Crippen molar-refractivity contribution >= 4 is 23.4 Å². The maximum absolute atomic E-state index is 12.2. The average molecular weight is 295 g/mol. The van der Waals surface area contributed by atoms with Crippen LogP contribution in [-0.2, 0) is 10.7 Å². The Morgan fingerprint density at radius 3 is 2.65 bits per heavy atom. The zero-order chi connectivity index (χ0) is 14.5. The number of nitrogens with zero attached hydrogens (tertiary/aromatic N) is 1. The molecule has 1 fully saturated rings. The van der Waals surface area contributed by atoms with Gasteiger partial charge in [-0.05, 0) is 30.5 Å². The number of hydrogen-bond acceptors (Lipinski definition) is 2. The van der Waals surface area contributed by atoms with Gasteiger partial charge in [0.2, 0.25) is 5.91 Å². The van der Waals surface area contributed by atoms with Crippen molar-refractivity contribution in [3.05, 3.63) is 35.4 Å². The van der Waals surface area contributed by atoms with Gasteiger partial charge in [-0.1, -0.05) is 12.1 Å². The van der Waals surface area contributed by atoms with Crippen LogP contribution in [0.3, 0.4) is 0 Å². The van der Waals surface area contributed by atoms with E-state index in [0.29, 0.717) is 24.5 Å². The van der Waals surface area contributed by atoms with Crippen molar-refractivity contribution in [3.8, 4) is 0 Å². The van der Waals surface area contributed by atoms with Crippen LogP contribution in [0.25, 0.3) is 0 Å². The molecule has 0 aliphatic carbocycles. The molecule has 2 rings (SSSR count). The molecule has 1 aromatic rings. The Labute approximate surface area is 124 Å². The van der Waals surface area contributed by atoms with Crippen molar-refractivity contribution in [1.82, 2.24) is 10.2 Å². The largest absolute Gasteiger partial charge is 0.349 e. The second-order valence-electron chi connectivity index (χ2n) is 5.09. The number of rotatable bonds is 3. The predicted molar refractivity (Wildman–Crippen MR) is 78.7 cm³/mol. The van der Waals surface area contributed by atoms with E-state index in [1.165, 1.54) is 0 Å². The number of piperidine rings is 1. The topological polar surface area (TPSA) is 49.4 Å². The fraction of sp³-hybridized carbons (Fsp3) is 0.467. The van der Waals surface area contributed by atoms with E-state index in [9.17, 15) is 9.59 Å². The minimum atomic E-state index is -0.0711. The van der Waals surface area contributed by atoms with E-state index in [-0.39, 0.29) is 17.9 Å². The lowest BCUT2D eigenvalue weighted by Crippen LogP contribution is -2.46. The number of nitrogens with one attached hydrogen (secondary N) is 1. The molecule has 108 valence electrons. The van der Waals surface area contributed by atoms with E-state index in [0.717, 1.165) is 18.4 Å². The molecule has 20 heavy (non-hydrogen) atoms. The molecule has 5 heteroatoms. The number of likely N-dealkylation sites (tertiary alicyclic amines) is 1. The minimum absolute atomic E-state index is 0.0711. The van der Waals surface area contributed by atoms with Gasteiger partial charge in [0.15, 0.2) is 0 Å². The predicted octanol–water partition coefficient (Wildman–Crippen LogP) is 2.17. The summed E-state index contributed by atoms with van der Waals surface area (Å²) in [6.45, 7) is 3.00. The van der Waals surface area contributed by atoms with Crippen LogP contribution in [0.1, 0.15) is 35.7 Å². The number of carbonyl (C=O) groups excluding carboxylic acids is 2. The Balaban J connectivity index is 1.90. The number of halogens is 1. The van der Waals surface area contributed by atoms with E-state index >= 15 is 0 Å². The molecule has 1 N–H and O–H groups in total. The molecule has 0 bridgehead atoms. The Bertz CT molecular complexity index is 496. The summed E-state index contributed by atoms with van der Waals surface area (Å²) in [4.78, 5) is 25.2. The lowest BCUT2D eigenvalue weighted by Gasteiger charge is -2.31. The van der Waals surface area contributed by atoms with Gasteiger partial charge in [0, 0.05) is 37.5 Å². The van der Waals surface area contributed by atoms with Crippen LogP contribution in [0.15, 0.2) is 24.3 Å². The highest BCUT2D eigenvalue weighted by Crippen LogP contribution is 2.12. The molecular formula is C15H19ClN2O2. The molecule has 2 amide bonds. The Morgan fingerprint density at radius 1 is 1.35 bits per heavy atom. The van der Waals surface area contributed by atoms with Gasteiger partial charge < -0.3 is 10.2 Å². The molecular weight excluding hydrogens is 276 g/mol. The van der Waals surface area contributed by atoms with Crippen LogP contribution >= 0.6 is 11.6 Å². The van der Waals surface area contributed by atoms with Gasteiger partial charge in [0.1, 0.15) is 0 Å². The highest BCUT2D eigenvalue weighted by Gasteiger charge is 2.22. The first kappa shape index (κ1) is 14.9. The van der Waals surface area contributed by atoms with Gasteiger partial charge in [0.25, 0.3) is 5.91 Å². The van der Waals surface area contributed by atoms with E-state index < -0.39 is 0 Å². The highest BCUT2D eigenvalue weighted by molar-refractivity contribution is 6.17. The lowest BCUT2D eigenvalue weighted by atomic mass is 10.0. The van der Waals surface area contributed by atoms with Crippen LogP contribution in [-0.4, -0.2) is 35.8 Å². The van der Waals surface area contributed by atoms with E-state index in [4.69, 9.17) is 11.6 Å². The maximum Gasteiger partial charge on any atom is 0.251 e. The fourth-order valence-electron chi connectivity index (χ4n) is 2.40. The Morgan fingerprint density at radius 2 is 2.05 bits per heavy atom. The zero-order valence-corrected chi connectivity index (χ0v) is 12.3. The second kappa shape index (κ2) is 6.75. The van der Waals surface area contributed by atoms with Crippen molar-refractivity contribution < 1.29 is 9.59 Å². The van der Waals surface area contributed by atoms with Gasteiger partial charge in [-0.15, -0.1) is 11.6 Å². The third kappa shape index (κ3) is 3.73. The van der Waals surface area contributed by atoms with Crippen LogP contribution in [0, 0.1) is 0 Å². The number of alkyl halides is 1. The van der Waals surface area contributed by atoms with Gasteiger partial charge >= 0.3 is 0 Å². The first-order valence-corrected chi connectivity index (χ1v) is 7.35. The van der Waals surface area contributed by atoms with Gasteiger partial charge in [-0.3, -0.25) is 9.59 Å². The molecule has 0 radical (unpaired) electrons. The third-order valence-corrected chi connectivity index (χ3v) is 3.93. The highest BCUT2D eigenvalue weighted by atomic mass is 35.5. The molecule has 0 aromatic heterocycles. The molecule has 0 unspecified atom stereocenters. The Hall–Kier alpha value is -1.55. The molecule has 1 aromatic carbocycles. The van der Waals surface area contributed by atoms with Crippen molar-refractivity contribution in [2.24, 2.45) is 0 Å². The molecule has 4 nitrogen and oxygen atoms in total. The summed E-state index contributed by atoms with van der Waals surface area (Å²) in [7, 11) is 0. The molecule has 0 saturated carbocycles. The standard InChI is InChI=1S/C15H19ClN2O2/c1-11(19)18-7-5-14(6-8-18)17-15(20)13-4-2-3-12(9-13)10-16/h2-4,9,14H,5-8,10H2,1H3,(H,17,20). The Kier molecular flexibility index (Phi) is 5.01. The third-order valence-electron chi connectivity index (χ3n) is 3.62. The second-order valence-corrected chi connectivity index (χ2v) is 5.36. The maximum atomic E-state index is 12.2. The quantitative estimate of drug-likeness (QED) is 0.869. The molecule has 1 aliphatic rings. The van der Waals surface area contributed by atoms with E-state index in [1.54, 1.807) is 13.0 Å². The fourth-order valence-corrected chi connectivity index (χ4v) is 2.57. The number of hydrogen-bond donors (Lipinski definition) is 1. The summed E-state index contributed by atoms with van der Waals surface area (Å²) in [5, 5.41) is 3.03. The SMILES string of the molecule is CC(=O)N1CCC(NC(=O)c2cccc(CCl)c2)CC1. The first-order chi connectivity index (χ1) is 9.60. The molecule has 1 saturated heterocycles. The molecule has 1 heterocycles. The van der Waals surface area contributed by atoms with Crippen LogP contribution < -0.4 is 5.32 Å². The van der Waals surface area contributed by atoms with Crippen molar-refractivity contribution in [2.75, 3.05) is 13.1 Å². The average Bonchev–Trinajstić information content (AvgIpc) is 2.47. The summed E-state index contributed by atoms with van der Waals surface area (Å²) in [6.07, 6.45) is 1.61. The van der Waals surface area contributed by atoms with E-state index in [2.05, 4.69) is 5.32 Å². The van der Waals surface area contributed by atoms with Crippen molar-refractivity contribution in [3.63, 3.8) is 0 Å².